The van der Waals surface area contributed by atoms with Gasteiger partial charge in [-0.2, -0.15) is 0 Å². The summed E-state index contributed by atoms with van der Waals surface area (Å²) in [6, 6.07) is 5.82. The Morgan fingerprint density at radius 2 is 2.00 bits per heavy atom. The molecule has 1 aromatic carbocycles. The topological polar surface area (TPSA) is 81.2 Å². The van der Waals surface area contributed by atoms with Crippen molar-refractivity contribution in [2.24, 2.45) is 0 Å². The molecule has 1 aromatic rings. The Kier molecular flexibility index (Phi) is 4.28. The number of nitrogens with zero attached hydrogens (tertiary/aromatic N) is 3. The van der Waals surface area contributed by atoms with Crippen molar-refractivity contribution in [3.8, 4) is 0 Å². The maximum Gasteiger partial charge on any atom is 0.254 e. The van der Waals surface area contributed by atoms with Gasteiger partial charge in [-0.05, 0) is 19.1 Å². The lowest BCUT2D eigenvalue weighted by molar-refractivity contribution is -0.164. The molecule has 2 aliphatic rings. The Morgan fingerprint density at radius 3 is 2.67 bits per heavy atom. The van der Waals surface area contributed by atoms with E-state index in [-0.39, 0.29) is 24.3 Å². The van der Waals surface area contributed by atoms with Crippen LogP contribution in [0.1, 0.15) is 15.9 Å². The molecule has 0 saturated carbocycles. The summed E-state index contributed by atoms with van der Waals surface area (Å²) in [5, 5.41) is 9.35. The van der Waals surface area contributed by atoms with Crippen molar-refractivity contribution in [2.75, 3.05) is 33.3 Å². The van der Waals surface area contributed by atoms with Crippen molar-refractivity contribution in [3.05, 3.63) is 35.4 Å². The number of aliphatic hydroxyl groups is 1. The van der Waals surface area contributed by atoms with Crippen molar-refractivity contribution >= 4 is 17.7 Å². The fourth-order valence-electron chi connectivity index (χ4n) is 3.35. The Labute approximate surface area is 140 Å². The minimum Gasteiger partial charge on any atom is -0.394 e. The molecule has 2 heterocycles. The Bertz CT molecular complexity index is 690. The van der Waals surface area contributed by atoms with E-state index in [1.807, 2.05) is 25.1 Å². The molecule has 1 N–H and O–H groups in total. The summed E-state index contributed by atoms with van der Waals surface area (Å²) in [6.45, 7) is 2.39. The third-order valence-electron chi connectivity index (χ3n) is 4.77. The fraction of sp³-hybridized carbons (Fsp3) is 0.471. The van der Waals surface area contributed by atoms with Crippen molar-refractivity contribution in [1.82, 2.24) is 14.7 Å². The van der Waals surface area contributed by atoms with E-state index >= 15 is 0 Å². The second-order valence-corrected chi connectivity index (χ2v) is 6.32. The predicted octanol–water partition coefficient (Wildman–Crippen LogP) is -0.519. The smallest absolute Gasteiger partial charge is 0.254 e. The first-order valence-corrected chi connectivity index (χ1v) is 7.98. The summed E-state index contributed by atoms with van der Waals surface area (Å²) >= 11 is 0. The number of carbonyl (C=O) groups excluding carboxylic acids is 3. The molecule has 2 saturated heterocycles. The van der Waals surface area contributed by atoms with Crippen LogP contribution >= 0.6 is 0 Å². The van der Waals surface area contributed by atoms with E-state index in [0.717, 1.165) is 5.56 Å². The highest BCUT2D eigenvalue weighted by Gasteiger charge is 2.47. The second-order valence-electron chi connectivity index (χ2n) is 6.32. The molecule has 2 fully saturated rings. The average Bonchev–Trinajstić information content (AvgIpc) is 2.59. The number of hydrogen-bond donors (Lipinski definition) is 1. The molecule has 2 aliphatic heterocycles. The van der Waals surface area contributed by atoms with Gasteiger partial charge in [0.05, 0.1) is 13.2 Å². The van der Waals surface area contributed by atoms with E-state index in [0.29, 0.717) is 18.7 Å². The number of likely N-dealkylation sites (N-methyl/N-ethyl adjacent to an activating group) is 1. The van der Waals surface area contributed by atoms with Crippen LogP contribution in [0.25, 0.3) is 0 Å². The van der Waals surface area contributed by atoms with Gasteiger partial charge in [0.15, 0.2) is 0 Å². The molecule has 0 spiro atoms. The minimum absolute atomic E-state index is 0.134. The molecule has 2 atom stereocenters. The van der Waals surface area contributed by atoms with Crippen molar-refractivity contribution in [1.29, 1.82) is 0 Å². The fourth-order valence-corrected chi connectivity index (χ4v) is 3.35. The van der Waals surface area contributed by atoms with Crippen molar-refractivity contribution in [3.63, 3.8) is 0 Å². The van der Waals surface area contributed by atoms with Gasteiger partial charge in [-0.25, -0.2) is 0 Å². The van der Waals surface area contributed by atoms with Crippen LogP contribution in [0.4, 0.5) is 0 Å². The first-order valence-electron chi connectivity index (χ1n) is 7.98. The lowest BCUT2D eigenvalue weighted by Gasteiger charge is -2.47. The van der Waals surface area contributed by atoms with Crippen LogP contribution in [0, 0.1) is 6.92 Å². The quantitative estimate of drug-likeness (QED) is 0.791. The first kappa shape index (κ1) is 16.4. The van der Waals surface area contributed by atoms with Gasteiger partial charge in [0.2, 0.25) is 11.8 Å². The number of amides is 3. The minimum atomic E-state index is -0.826. The SMILES string of the molecule is Cc1cccc(C(=O)N2CCN3C(=O)[C@H](CO)N(C)C(=O)[C@H]3C2)c1. The standard InChI is InChI=1S/C17H21N3O4/c1-11-4-3-5-12(8-11)15(22)19-6-7-20-13(9-19)16(23)18(2)14(10-21)17(20)24/h3-5,8,13-14,21H,6-7,9-10H2,1-2H3/t13-,14+/m1/s1. The van der Waals surface area contributed by atoms with Gasteiger partial charge >= 0.3 is 0 Å². The number of aliphatic hydroxyl groups excluding tert-OH is 1. The van der Waals surface area contributed by atoms with E-state index in [9.17, 15) is 19.5 Å². The summed E-state index contributed by atoms with van der Waals surface area (Å²) < 4.78 is 0. The van der Waals surface area contributed by atoms with E-state index < -0.39 is 18.7 Å². The van der Waals surface area contributed by atoms with E-state index in [2.05, 4.69) is 0 Å². The maximum absolute atomic E-state index is 12.7. The largest absolute Gasteiger partial charge is 0.394 e. The van der Waals surface area contributed by atoms with Crippen molar-refractivity contribution in [2.45, 2.75) is 19.0 Å². The van der Waals surface area contributed by atoms with Crippen LogP contribution in [-0.2, 0) is 9.59 Å². The van der Waals surface area contributed by atoms with Gasteiger partial charge in [-0.3, -0.25) is 14.4 Å². The molecule has 7 heteroatoms. The molecule has 3 amide bonds. The Morgan fingerprint density at radius 1 is 1.25 bits per heavy atom. The van der Waals surface area contributed by atoms with E-state index in [4.69, 9.17) is 0 Å². The van der Waals surface area contributed by atoms with Crippen LogP contribution in [0.2, 0.25) is 0 Å². The van der Waals surface area contributed by atoms with Crippen LogP contribution in [0.3, 0.4) is 0 Å². The summed E-state index contributed by atoms with van der Waals surface area (Å²) in [4.78, 5) is 42.0. The van der Waals surface area contributed by atoms with Gasteiger partial charge in [-0.15, -0.1) is 0 Å². The lowest BCUT2D eigenvalue weighted by Crippen LogP contribution is -2.70. The summed E-state index contributed by atoms with van der Waals surface area (Å²) in [6.07, 6.45) is 0. The van der Waals surface area contributed by atoms with Gasteiger partial charge in [0.25, 0.3) is 5.91 Å². The number of benzene rings is 1. The van der Waals surface area contributed by atoms with Gasteiger partial charge < -0.3 is 19.8 Å². The summed E-state index contributed by atoms with van der Waals surface area (Å²) in [5.41, 5.74) is 1.58. The maximum atomic E-state index is 12.7. The molecule has 7 nitrogen and oxygen atoms in total. The molecular weight excluding hydrogens is 310 g/mol. The number of carbonyl (C=O) groups is 3. The molecule has 0 aromatic heterocycles. The number of hydrogen-bond acceptors (Lipinski definition) is 4. The number of rotatable bonds is 2. The highest BCUT2D eigenvalue weighted by molar-refractivity contribution is 5.99. The van der Waals surface area contributed by atoms with Gasteiger partial charge in [0.1, 0.15) is 12.1 Å². The van der Waals surface area contributed by atoms with Gasteiger partial charge in [0, 0.05) is 25.7 Å². The number of fused-ring (bicyclic) bond motifs is 1. The van der Waals surface area contributed by atoms with Crippen LogP contribution in [0.5, 0.6) is 0 Å². The third kappa shape index (κ3) is 2.65. The molecule has 0 radical (unpaired) electrons. The molecule has 3 rings (SSSR count). The van der Waals surface area contributed by atoms with E-state index in [1.54, 1.807) is 11.0 Å². The highest BCUT2D eigenvalue weighted by atomic mass is 16.3. The highest BCUT2D eigenvalue weighted by Crippen LogP contribution is 2.22. The zero-order chi connectivity index (χ0) is 17.4. The van der Waals surface area contributed by atoms with Crippen LogP contribution < -0.4 is 0 Å². The molecule has 128 valence electrons. The van der Waals surface area contributed by atoms with Crippen LogP contribution in [-0.4, -0.2) is 82.9 Å². The summed E-state index contributed by atoms with van der Waals surface area (Å²) in [5.74, 6) is -0.631. The number of piperazine rings is 2. The second kappa shape index (κ2) is 6.24. The zero-order valence-electron chi connectivity index (χ0n) is 13.8. The Balaban J connectivity index is 1.80. The van der Waals surface area contributed by atoms with Gasteiger partial charge in [-0.1, -0.05) is 17.7 Å². The normalized spacial score (nSPS) is 24.2. The molecular formula is C17H21N3O4. The predicted molar refractivity (Wildman–Crippen MR) is 86.2 cm³/mol. The Hall–Kier alpha value is -2.41. The molecule has 0 bridgehead atoms. The summed E-state index contributed by atoms with van der Waals surface area (Å²) in [7, 11) is 1.51. The van der Waals surface area contributed by atoms with E-state index in [1.165, 1.54) is 16.8 Å². The molecule has 0 unspecified atom stereocenters. The van der Waals surface area contributed by atoms with Crippen LogP contribution in [0.15, 0.2) is 24.3 Å². The number of aryl methyl sites for hydroxylation is 1. The first-order chi connectivity index (χ1) is 11.4. The molecule has 24 heavy (non-hydrogen) atoms. The van der Waals surface area contributed by atoms with Crippen molar-refractivity contribution < 1.29 is 19.5 Å². The third-order valence-corrected chi connectivity index (χ3v) is 4.77. The molecule has 0 aliphatic carbocycles. The average molecular weight is 331 g/mol. The lowest BCUT2D eigenvalue weighted by atomic mass is 10.0. The zero-order valence-corrected chi connectivity index (χ0v) is 13.8. The monoisotopic (exact) mass is 331 g/mol.